The summed E-state index contributed by atoms with van der Waals surface area (Å²) in [7, 11) is 0. The van der Waals surface area contributed by atoms with Crippen LogP contribution in [-0.4, -0.2) is 6.54 Å². The molecule has 0 spiro atoms. The number of halogens is 1. The third-order valence-electron chi connectivity index (χ3n) is 3.42. The SMILES string of the molecule is Cc1cc(Br)c([C@@H]2[C@@H](CN)C2(C)C)s1. The Labute approximate surface area is 97.8 Å². The number of rotatable bonds is 2. The third-order valence-corrected chi connectivity index (χ3v) is 5.48. The molecule has 0 aromatic carbocycles. The van der Waals surface area contributed by atoms with Crippen molar-refractivity contribution in [3.8, 4) is 0 Å². The smallest absolute Gasteiger partial charge is 0.0320 e. The van der Waals surface area contributed by atoms with Crippen molar-refractivity contribution in [1.82, 2.24) is 0 Å². The van der Waals surface area contributed by atoms with Crippen LogP contribution in [0.15, 0.2) is 10.5 Å². The highest BCUT2D eigenvalue weighted by Gasteiger charge is 2.58. The molecule has 0 unspecified atom stereocenters. The van der Waals surface area contributed by atoms with Crippen molar-refractivity contribution in [3.63, 3.8) is 0 Å². The second-order valence-corrected chi connectivity index (χ2v) is 6.85. The summed E-state index contributed by atoms with van der Waals surface area (Å²) in [5, 5.41) is 0. The maximum Gasteiger partial charge on any atom is 0.0320 e. The molecule has 3 heteroatoms. The van der Waals surface area contributed by atoms with E-state index in [0.717, 1.165) is 6.54 Å². The predicted molar refractivity (Wildman–Crippen MR) is 65.8 cm³/mol. The van der Waals surface area contributed by atoms with E-state index in [2.05, 4.69) is 42.8 Å². The number of nitrogens with two attached hydrogens (primary N) is 1. The van der Waals surface area contributed by atoms with E-state index in [1.54, 1.807) is 0 Å². The molecule has 2 N–H and O–H groups in total. The van der Waals surface area contributed by atoms with E-state index in [0.29, 0.717) is 17.3 Å². The maximum atomic E-state index is 5.78. The zero-order valence-electron chi connectivity index (χ0n) is 8.80. The quantitative estimate of drug-likeness (QED) is 0.877. The van der Waals surface area contributed by atoms with Crippen LogP contribution in [0.2, 0.25) is 0 Å². The second-order valence-electron chi connectivity index (χ2n) is 4.71. The molecule has 0 amide bonds. The van der Waals surface area contributed by atoms with E-state index >= 15 is 0 Å². The molecule has 1 fully saturated rings. The molecule has 0 saturated heterocycles. The summed E-state index contributed by atoms with van der Waals surface area (Å²) in [6, 6.07) is 2.21. The van der Waals surface area contributed by atoms with E-state index < -0.39 is 0 Å². The first-order valence-electron chi connectivity index (χ1n) is 4.94. The van der Waals surface area contributed by atoms with Gasteiger partial charge in [-0.05, 0) is 46.8 Å². The van der Waals surface area contributed by atoms with Gasteiger partial charge in [0.25, 0.3) is 0 Å². The number of hydrogen-bond acceptors (Lipinski definition) is 2. The topological polar surface area (TPSA) is 26.0 Å². The zero-order chi connectivity index (χ0) is 10.5. The highest BCUT2D eigenvalue weighted by Crippen LogP contribution is 2.66. The number of aryl methyl sites for hydroxylation is 1. The fraction of sp³-hybridized carbons (Fsp3) is 0.636. The molecule has 0 radical (unpaired) electrons. The Bertz CT molecular complexity index is 356. The van der Waals surface area contributed by atoms with Crippen LogP contribution in [0.4, 0.5) is 0 Å². The molecule has 1 aromatic heterocycles. The summed E-state index contributed by atoms with van der Waals surface area (Å²) in [6.45, 7) is 7.60. The molecule has 1 nitrogen and oxygen atoms in total. The number of thiophene rings is 1. The van der Waals surface area contributed by atoms with Crippen LogP contribution in [0.3, 0.4) is 0 Å². The summed E-state index contributed by atoms with van der Waals surface area (Å²) in [4.78, 5) is 2.87. The molecule has 0 bridgehead atoms. The highest BCUT2D eigenvalue weighted by molar-refractivity contribution is 9.10. The highest BCUT2D eigenvalue weighted by atomic mass is 79.9. The summed E-state index contributed by atoms with van der Waals surface area (Å²) in [5.41, 5.74) is 6.18. The van der Waals surface area contributed by atoms with Gasteiger partial charge in [-0.15, -0.1) is 11.3 Å². The van der Waals surface area contributed by atoms with E-state index in [1.807, 2.05) is 11.3 Å². The molecule has 1 saturated carbocycles. The van der Waals surface area contributed by atoms with E-state index in [1.165, 1.54) is 14.2 Å². The fourth-order valence-electron chi connectivity index (χ4n) is 2.42. The molecule has 2 atom stereocenters. The van der Waals surface area contributed by atoms with Crippen molar-refractivity contribution in [2.75, 3.05) is 6.54 Å². The lowest BCUT2D eigenvalue weighted by molar-refractivity contribution is 0.559. The van der Waals surface area contributed by atoms with Gasteiger partial charge in [-0.2, -0.15) is 0 Å². The molecule has 78 valence electrons. The van der Waals surface area contributed by atoms with Crippen molar-refractivity contribution < 1.29 is 0 Å². The molecular weight excluding hydrogens is 258 g/mol. The van der Waals surface area contributed by atoms with Gasteiger partial charge in [0.05, 0.1) is 0 Å². The van der Waals surface area contributed by atoms with Crippen molar-refractivity contribution >= 4 is 27.3 Å². The van der Waals surface area contributed by atoms with Gasteiger partial charge in [0.2, 0.25) is 0 Å². The van der Waals surface area contributed by atoms with Gasteiger partial charge in [-0.1, -0.05) is 13.8 Å². The van der Waals surface area contributed by atoms with Crippen molar-refractivity contribution in [1.29, 1.82) is 0 Å². The summed E-state index contributed by atoms with van der Waals surface area (Å²) in [5.74, 6) is 1.33. The molecule has 1 aliphatic rings. The first-order chi connectivity index (χ1) is 6.48. The Morgan fingerprint density at radius 1 is 1.57 bits per heavy atom. The molecule has 1 aliphatic carbocycles. The maximum absolute atomic E-state index is 5.78. The Morgan fingerprint density at radius 3 is 2.57 bits per heavy atom. The second kappa shape index (κ2) is 3.32. The molecule has 1 heterocycles. The minimum atomic E-state index is 0.397. The fourth-order valence-corrected chi connectivity index (χ4v) is 4.68. The number of hydrogen-bond donors (Lipinski definition) is 1. The van der Waals surface area contributed by atoms with Crippen molar-refractivity contribution in [3.05, 3.63) is 20.3 Å². The van der Waals surface area contributed by atoms with Crippen LogP contribution in [0.1, 0.15) is 29.5 Å². The third kappa shape index (κ3) is 1.46. The van der Waals surface area contributed by atoms with Gasteiger partial charge in [-0.3, -0.25) is 0 Å². The normalized spacial score (nSPS) is 29.2. The first-order valence-corrected chi connectivity index (χ1v) is 6.55. The first kappa shape index (κ1) is 10.7. The molecule has 0 aliphatic heterocycles. The average molecular weight is 274 g/mol. The van der Waals surface area contributed by atoms with Crippen LogP contribution in [-0.2, 0) is 0 Å². The summed E-state index contributed by atoms with van der Waals surface area (Å²) in [6.07, 6.45) is 0. The van der Waals surface area contributed by atoms with E-state index in [4.69, 9.17) is 5.73 Å². The Morgan fingerprint density at radius 2 is 2.21 bits per heavy atom. The van der Waals surface area contributed by atoms with Gasteiger partial charge in [0.1, 0.15) is 0 Å². The summed E-state index contributed by atoms with van der Waals surface area (Å²) < 4.78 is 1.27. The average Bonchev–Trinajstić information content (AvgIpc) is 2.46. The Kier molecular flexibility index (Phi) is 2.53. The van der Waals surface area contributed by atoms with Crippen molar-refractivity contribution in [2.24, 2.45) is 17.1 Å². The van der Waals surface area contributed by atoms with Crippen LogP contribution >= 0.6 is 27.3 Å². The Hall–Kier alpha value is 0.140. The van der Waals surface area contributed by atoms with E-state index in [9.17, 15) is 0 Å². The minimum Gasteiger partial charge on any atom is -0.330 e. The van der Waals surface area contributed by atoms with Gasteiger partial charge in [0, 0.05) is 20.1 Å². The molecular formula is C11H16BrNS. The van der Waals surface area contributed by atoms with Gasteiger partial charge in [0.15, 0.2) is 0 Å². The van der Waals surface area contributed by atoms with Crippen LogP contribution in [0.25, 0.3) is 0 Å². The lowest BCUT2D eigenvalue weighted by Gasteiger charge is -2.00. The van der Waals surface area contributed by atoms with Gasteiger partial charge >= 0.3 is 0 Å². The predicted octanol–water partition coefficient (Wildman–Crippen LogP) is 3.52. The zero-order valence-corrected chi connectivity index (χ0v) is 11.2. The van der Waals surface area contributed by atoms with Crippen LogP contribution in [0, 0.1) is 18.3 Å². The van der Waals surface area contributed by atoms with Crippen molar-refractivity contribution in [2.45, 2.75) is 26.7 Å². The van der Waals surface area contributed by atoms with Crippen LogP contribution < -0.4 is 5.73 Å². The van der Waals surface area contributed by atoms with E-state index in [-0.39, 0.29) is 0 Å². The lowest BCUT2D eigenvalue weighted by Crippen LogP contribution is -2.05. The molecule has 2 rings (SSSR count). The largest absolute Gasteiger partial charge is 0.330 e. The van der Waals surface area contributed by atoms with Gasteiger partial charge < -0.3 is 5.73 Å². The summed E-state index contributed by atoms with van der Waals surface area (Å²) >= 11 is 5.54. The van der Waals surface area contributed by atoms with Crippen LogP contribution in [0.5, 0.6) is 0 Å². The monoisotopic (exact) mass is 273 g/mol. The molecule has 14 heavy (non-hydrogen) atoms. The lowest BCUT2D eigenvalue weighted by atomic mass is 10.1. The van der Waals surface area contributed by atoms with Gasteiger partial charge in [-0.25, -0.2) is 0 Å². The molecule has 1 aromatic rings. The minimum absolute atomic E-state index is 0.397. The standard InChI is InChI=1S/C11H16BrNS/c1-6-4-8(12)10(14-6)9-7(5-13)11(9,2)3/h4,7,9H,5,13H2,1-3H3/t7-,9+/m1/s1. The Balaban J connectivity index is 2.30.